The number of benzene rings is 1. The molecule has 0 atom stereocenters. The van der Waals surface area contributed by atoms with E-state index in [-0.39, 0.29) is 0 Å². The van der Waals surface area contributed by atoms with Gasteiger partial charge in [0.05, 0.1) is 0 Å². The summed E-state index contributed by atoms with van der Waals surface area (Å²) < 4.78 is 10.9. The van der Waals surface area contributed by atoms with Crippen molar-refractivity contribution in [3.8, 4) is 11.5 Å². The lowest BCUT2D eigenvalue weighted by atomic mass is 10.1. The first-order chi connectivity index (χ1) is 14.8. The van der Waals surface area contributed by atoms with E-state index in [1.165, 1.54) is 5.56 Å². The maximum atomic E-state index is 6.39. The number of fused-ring (bicyclic) bond motifs is 1. The summed E-state index contributed by atoms with van der Waals surface area (Å²) in [7, 11) is 0. The average molecular weight is 405 g/mol. The largest absolute Gasteiger partial charge is 0.454 e. The number of hydrogen-bond acceptors (Lipinski definition) is 9. The maximum absolute atomic E-state index is 6.39. The fourth-order valence-electron chi connectivity index (χ4n) is 3.73. The second-order valence-electron chi connectivity index (χ2n) is 7.27. The quantitative estimate of drug-likeness (QED) is 0.662. The lowest BCUT2D eigenvalue weighted by Crippen LogP contribution is -2.46. The molecule has 0 spiro atoms. The van der Waals surface area contributed by atoms with Gasteiger partial charge in [0.15, 0.2) is 23.1 Å². The predicted molar refractivity (Wildman–Crippen MR) is 114 cm³/mol. The Morgan fingerprint density at radius 2 is 1.77 bits per heavy atom. The molecule has 2 aromatic heterocycles. The Bertz CT molecular complexity index is 1020. The van der Waals surface area contributed by atoms with E-state index in [0.29, 0.717) is 18.3 Å². The highest BCUT2D eigenvalue weighted by atomic mass is 16.7. The van der Waals surface area contributed by atoms with Crippen molar-refractivity contribution in [3.63, 3.8) is 0 Å². The lowest BCUT2D eigenvalue weighted by Gasteiger charge is -2.36. The summed E-state index contributed by atoms with van der Waals surface area (Å²) in [6.45, 7) is 4.71. The molecule has 5 rings (SSSR count). The first-order valence-electron chi connectivity index (χ1n) is 9.89. The van der Waals surface area contributed by atoms with E-state index in [0.717, 1.165) is 55.7 Å². The molecule has 0 unspecified atom stereocenters. The van der Waals surface area contributed by atoms with Gasteiger partial charge in [0, 0.05) is 50.8 Å². The highest BCUT2D eigenvalue weighted by Crippen LogP contribution is 2.33. The van der Waals surface area contributed by atoms with Gasteiger partial charge in [0.25, 0.3) is 0 Å². The van der Waals surface area contributed by atoms with E-state index in [4.69, 9.17) is 15.2 Å². The van der Waals surface area contributed by atoms with Gasteiger partial charge in [-0.1, -0.05) is 6.07 Å². The molecule has 2 aliphatic rings. The molecule has 0 amide bonds. The molecule has 9 heteroatoms. The topological polar surface area (TPSA) is 102 Å². The van der Waals surface area contributed by atoms with Gasteiger partial charge in [-0.05, 0) is 29.8 Å². The van der Waals surface area contributed by atoms with Crippen LogP contribution in [-0.4, -0.2) is 52.8 Å². The van der Waals surface area contributed by atoms with Crippen LogP contribution in [0.3, 0.4) is 0 Å². The van der Waals surface area contributed by atoms with Gasteiger partial charge in [0.2, 0.25) is 6.79 Å². The summed E-state index contributed by atoms with van der Waals surface area (Å²) in [5, 5.41) is 3.24. The van der Waals surface area contributed by atoms with Crippen LogP contribution in [0.1, 0.15) is 5.56 Å². The molecule has 2 aliphatic heterocycles. The molecule has 154 valence electrons. The number of rotatable bonds is 5. The molecule has 0 aliphatic carbocycles. The third-order valence-corrected chi connectivity index (χ3v) is 5.32. The summed E-state index contributed by atoms with van der Waals surface area (Å²) in [6.07, 6.45) is 4.99. The molecular weight excluding hydrogens is 382 g/mol. The summed E-state index contributed by atoms with van der Waals surface area (Å²) >= 11 is 0. The van der Waals surface area contributed by atoms with Gasteiger partial charge < -0.3 is 25.4 Å². The Morgan fingerprint density at radius 1 is 0.967 bits per heavy atom. The van der Waals surface area contributed by atoms with Crippen LogP contribution >= 0.6 is 0 Å². The van der Waals surface area contributed by atoms with Crippen LogP contribution < -0.4 is 25.4 Å². The molecule has 1 aromatic carbocycles. The van der Waals surface area contributed by atoms with Gasteiger partial charge in [-0.15, -0.1) is 0 Å². The average Bonchev–Trinajstić information content (AvgIpc) is 3.25. The van der Waals surface area contributed by atoms with E-state index in [2.05, 4.69) is 42.2 Å². The van der Waals surface area contributed by atoms with Crippen molar-refractivity contribution >= 4 is 23.0 Å². The van der Waals surface area contributed by atoms with Gasteiger partial charge >= 0.3 is 0 Å². The molecule has 30 heavy (non-hydrogen) atoms. The third-order valence-electron chi connectivity index (χ3n) is 5.32. The number of pyridine rings is 1. The molecule has 9 nitrogen and oxygen atoms in total. The molecule has 0 bridgehead atoms. The zero-order valence-corrected chi connectivity index (χ0v) is 16.5. The molecule has 3 aromatic rings. The van der Waals surface area contributed by atoms with Crippen LogP contribution in [-0.2, 0) is 6.54 Å². The van der Waals surface area contributed by atoms with Crippen LogP contribution in [0.15, 0.2) is 49.1 Å². The van der Waals surface area contributed by atoms with E-state index in [9.17, 15) is 0 Å². The zero-order valence-electron chi connectivity index (χ0n) is 16.5. The van der Waals surface area contributed by atoms with Crippen molar-refractivity contribution in [2.45, 2.75) is 6.54 Å². The molecule has 3 N–H and O–H groups in total. The summed E-state index contributed by atoms with van der Waals surface area (Å²) in [5.74, 6) is 3.02. The normalized spacial score (nSPS) is 15.9. The second-order valence-corrected chi connectivity index (χ2v) is 7.27. The minimum absolute atomic E-state index is 0.301. The Labute approximate surface area is 174 Å². The van der Waals surface area contributed by atoms with Gasteiger partial charge in [-0.25, -0.2) is 9.97 Å². The molecule has 4 heterocycles. The Morgan fingerprint density at radius 3 is 2.60 bits per heavy atom. The Kier molecular flexibility index (Phi) is 4.94. The van der Waals surface area contributed by atoms with E-state index >= 15 is 0 Å². The van der Waals surface area contributed by atoms with Gasteiger partial charge in [-0.3, -0.25) is 9.88 Å². The third kappa shape index (κ3) is 3.79. The highest BCUT2D eigenvalue weighted by molar-refractivity contribution is 5.78. The highest BCUT2D eigenvalue weighted by Gasteiger charge is 2.22. The molecule has 0 radical (unpaired) electrons. The van der Waals surface area contributed by atoms with Gasteiger partial charge in [0.1, 0.15) is 12.0 Å². The number of ether oxygens (including phenoxy) is 2. The standard InChI is InChI=1S/C21H23N7O2/c22-19-20(26-16-3-5-23-6-4-16)24-13-25-21(19)28-9-7-27(8-10-28)12-15-1-2-17-18(11-15)30-14-29-17/h1-6,11,13H,7-10,12,14,22H2,(H,23,24,25,26). The van der Waals surface area contributed by atoms with Crippen LogP contribution in [0, 0.1) is 0 Å². The minimum atomic E-state index is 0.301. The van der Waals surface area contributed by atoms with Crippen molar-refractivity contribution in [2.75, 3.05) is 48.9 Å². The second kappa shape index (κ2) is 8.03. The Balaban J connectivity index is 1.23. The minimum Gasteiger partial charge on any atom is -0.454 e. The van der Waals surface area contributed by atoms with Crippen molar-refractivity contribution in [3.05, 3.63) is 54.6 Å². The fourth-order valence-corrected chi connectivity index (χ4v) is 3.73. The Hall–Kier alpha value is -3.59. The van der Waals surface area contributed by atoms with Crippen molar-refractivity contribution in [2.24, 2.45) is 0 Å². The molecule has 1 saturated heterocycles. The van der Waals surface area contributed by atoms with Crippen molar-refractivity contribution in [1.29, 1.82) is 0 Å². The SMILES string of the molecule is Nc1c(Nc2ccncc2)ncnc1N1CCN(Cc2ccc3c(c2)OCO3)CC1. The predicted octanol–water partition coefficient (Wildman–Crippen LogP) is 2.25. The van der Waals surface area contributed by atoms with Crippen molar-refractivity contribution in [1.82, 2.24) is 19.9 Å². The van der Waals surface area contributed by atoms with Crippen LogP contribution in [0.4, 0.5) is 23.0 Å². The number of nitrogens with zero attached hydrogens (tertiary/aromatic N) is 5. The number of nitrogen functional groups attached to an aromatic ring is 1. The first kappa shape index (κ1) is 18.4. The number of hydrogen-bond donors (Lipinski definition) is 2. The fraction of sp³-hybridized carbons (Fsp3) is 0.286. The smallest absolute Gasteiger partial charge is 0.231 e. The van der Waals surface area contributed by atoms with E-state index < -0.39 is 0 Å². The van der Waals surface area contributed by atoms with Crippen LogP contribution in [0.5, 0.6) is 11.5 Å². The molecular formula is C21H23N7O2. The number of aromatic nitrogens is 3. The monoisotopic (exact) mass is 405 g/mol. The van der Waals surface area contributed by atoms with E-state index in [1.54, 1.807) is 18.7 Å². The van der Waals surface area contributed by atoms with Gasteiger partial charge in [-0.2, -0.15) is 0 Å². The maximum Gasteiger partial charge on any atom is 0.231 e. The summed E-state index contributed by atoms with van der Waals surface area (Å²) in [4.78, 5) is 17.4. The van der Waals surface area contributed by atoms with E-state index in [1.807, 2.05) is 18.2 Å². The molecule has 1 fully saturated rings. The summed E-state index contributed by atoms with van der Waals surface area (Å²) in [6, 6.07) is 9.88. The zero-order chi connectivity index (χ0) is 20.3. The molecule has 0 saturated carbocycles. The summed E-state index contributed by atoms with van der Waals surface area (Å²) in [5.41, 5.74) is 9.05. The number of nitrogens with one attached hydrogen (secondary N) is 1. The van der Waals surface area contributed by atoms with Crippen LogP contribution in [0.25, 0.3) is 0 Å². The first-order valence-corrected chi connectivity index (χ1v) is 9.89. The number of piperazine rings is 1. The van der Waals surface area contributed by atoms with Crippen LogP contribution in [0.2, 0.25) is 0 Å². The van der Waals surface area contributed by atoms with Crippen molar-refractivity contribution < 1.29 is 9.47 Å². The lowest BCUT2D eigenvalue weighted by molar-refractivity contribution is 0.174. The number of nitrogens with two attached hydrogens (primary N) is 1. The number of anilines is 4.